The quantitative estimate of drug-likeness (QED) is 0.205. The summed E-state index contributed by atoms with van der Waals surface area (Å²) in [5.74, 6) is 1.70. The van der Waals surface area contributed by atoms with Gasteiger partial charge in [-0.15, -0.1) is 0 Å². The molecule has 0 fully saturated rings. The number of anilines is 3. The van der Waals surface area contributed by atoms with Crippen molar-refractivity contribution in [3.63, 3.8) is 0 Å². The third-order valence-electron chi connectivity index (χ3n) is 9.07. The Labute approximate surface area is 264 Å². The van der Waals surface area contributed by atoms with Gasteiger partial charge in [0.2, 0.25) is 0 Å². The molecule has 0 N–H and O–H groups in total. The van der Waals surface area contributed by atoms with E-state index in [0.29, 0.717) is 0 Å². The molecule has 0 aliphatic carbocycles. The summed E-state index contributed by atoms with van der Waals surface area (Å²) >= 11 is 0. The monoisotopic (exact) mass is 591 g/mol. The highest BCUT2D eigenvalue weighted by atomic mass is 16.5. The number of hydrogen-bond donors (Lipinski definition) is 0. The average molecular weight is 592 g/mol. The highest BCUT2D eigenvalue weighted by Gasteiger charge is 2.23. The average Bonchev–Trinajstić information content (AvgIpc) is 3.63. The van der Waals surface area contributed by atoms with E-state index in [1.807, 2.05) is 48.5 Å². The third-order valence-corrected chi connectivity index (χ3v) is 9.07. The van der Waals surface area contributed by atoms with Crippen LogP contribution in [0.3, 0.4) is 0 Å². The lowest BCUT2D eigenvalue weighted by Crippen LogP contribution is -2.10. The number of benzene rings is 7. The van der Waals surface area contributed by atoms with Crippen molar-refractivity contribution in [2.45, 2.75) is 0 Å². The second-order valence-electron chi connectivity index (χ2n) is 11.7. The zero-order chi connectivity index (χ0) is 30.2. The second-order valence-corrected chi connectivity index (χ2v) is 11.7. The van der Waals surface area contributed by atoms with Crippen molar-refractivity contribution < 1.29 is 13.6 Å². The minimum atomic E-state index is 0.843. The van der Waals surface area contributed by atoms with Gasteiger partial charge in [0.25, 0.3) is 0 Å². The van der Waals surface area contributed by atoms with E-state index < -0.39 is 0 Å². The predicted molar refractivity (Wildman–Crippen MR) is 187 cm³/mol. The fourth-order valence-corrected chi connectivity index (χ4v) is 6.96. The number of hydrogen-bond acceptors (Lipinski definition) is 4. The van der Waals surface area contributed by atoms with Crippen LogP contribution in [0.2, 0.25) is 0 Å². The Balaban J connectivity index is 1.24. The van der Waals surface area contributed by atoms with Gasteiger partial charge in [-0.25, -0.2) is 0 Å². The molecule has 10 rings (SSSR count). The van der Waals surface area contributed by atoms with Gasteiger partial charge in [0.05, 0.1) is 0 Å². The molecule has 9 aromatic rings. The zero-order valence-electron chi connectivity index (χ0n) is 24.6. The third kappa shape index (κ3) is 3.74. The van der Waals surface area contributed by atoms with E-state index in [9.17, 15) is 0 Å². The van der Waals surface area contributed by atoms with Gasteiger partial charge in [-0.3, -0.25) is 0 Å². The summed E-state index contributed by atoms with van der Waals surface area (Å²) < 4.78 is 18.9. The van der Waals surface area contributed by atoms with Gasteiger partial charge in [-0.1, -0.05) is 78.9 Å². The maximum absolute atomic E-state index is 6.48. The zero-order valence-corrected chi connectivity index (χ0v) is 24.6. The van der Waals surface area contributed by atoms with E-state index in [0.717, 1.165) is 94.7 Å². The van der Waals surface area contributed by atoms with E-state index in [4.69, 9.17) is 13.6 Å². The Hall–Kier alpha value is -6.26. The van der Waals surface area contributed by atoms with Crippen molar-refractivity contribution in [2.75, 3.05) is 4.90 Å². The van der Waals surface area contributed by atoms with Gasteiger partial charge in [-0.05, 0) is 83.9 Å². The first kappa shape index (κ1) is 25.1. The van der Waals surface area contributed by atoms with Crippen LogP contribution in [-0.2, 0) is 0 Å². The molecule has 4 heteroatoms. The van der Waals surface area contributed by atoms with Crippen LogP contribution in [0.25, 0.3) is 66.1 Å². The molecule has 3 heterocycles. The van der Waals surface area contributed by atoms with Crippen molar-refractivity contribution in [1.82, 2.24) is 0 Å². The first-order chi connectivity index (χ1) is 22.8. The molecule has 4 nitrogen and oxygen atoms in total. The normalized spacial score (nSPS) is 12.1. The lowest BCUT2D eigenvalue weighted by Gasteiger charge is -2.27. The van der Waals surface area contributed by atoms with E-state index in [1.165, 1.54) is 0 Å². The number of nitrogens with zero attached hydrogens (tertiary/aromatic N) is 1. The smallest absolute Gasteiger partial charge is 0.135 e. The van der Waals surface area contributed by atoms with Gasteiger partial charge in [-0.2, -0.15) is 0 Å². The number of furan rings is 2. The van der Waals surface area contributed by atoms with Crippen LogP contribution in [0.1, 0.15) is 0 Å². The predicted octanol–water partition coefficient (Wildman–Crippen LogP) is 12.4. The fraction of sp³-hybridized carbons (Fsp3) is 0. The number of fused-ring (bicyclic) bond motifs is 11. The molecule has 0 radical (unpaired) electrons. The van der Waals surface area contributed by atoms with E-state index in [-0.39, 0.29) is 0 Å². The van der Waals surface area contributed by atoms with Gasteiger partial charge >= 0.3 is 0 Å². The van der Waals surface area contributed by atoms with Crippen LogP contribution in [0.4, 0.5) is 17.1 Å². The number of rotatable bonds is 3. The van der Waals surface area contributed by atoms with Crippen molar-refractivity contribution in [1.29, 1.82) is 0 Å². The lowest BCUT2D eigenvalue weighted by atomic mass is 9.93. The Morgan fingerprint density at radius 1 is 0.326 bits per heavy atom. The summed E-state index contributed by atoms with van der Waals surface area (Å²) in [7, 11) is 0. The Morgan fingerprint density at radius 3 is 1.39 bits per heavy atom. The molecule has 0 spiro atoms. The van der Waals surface area contributed by atoms with Crippen molar-refractivity contribution in [3.8, 4) is 33.8 Å². The van der Waals surface area contributed by atoms with Crippen LogP contribution in [0.15, 0.2) is 160 Å². The molecule has 1 aliphatic rings. The molecule has 216 valence electrons. The SMILES string of the molecule is c1ccc2c(c1)Oc1ccccc1-c1cc(N(c3ccc4oc5ccccc5c4c3)c3ccc4oc5ccccc5c4c3)ccc1-2. The standard InChI is InChI=1S/C42H25NO3/c1-5-13-37-30(9-1)29-20-17-26(23-34(29)31-10-2-6-14-38(31)44-37)43(27-18-21-41-35(24-27)32-11-3-7-15-39(32)45-41)28-19-22-42-36(25-28)33-12-4-8-16-40(33)46-42/h1-25H. The Morgan fingerprint density at radius 2 is 0.783 bits per heavy atom. The molecule has 2 aromatic heterocycles. The Bertz CT molecular complexity index is 2530. The van der Waals surface area contributed by atoms with Crippen LogP contribution >= 0.6 is 0 Å². The molecule has 0 amide bonds. The molecule has 1 aliphatic heterocycles. The molecule has 0 bridgehead atoms. The Kier molecular flexibility index (Phi) is 5.25. The molecule has 0 saturated carbocycles. The molecule has 0 atom stereocenters. The minimum absolute atomic E-state index is 0.843. The van der Waals surface area contributed by atoms with Crippen LogP contribution in [0, 0.1) is 0 Å². The number of para-hydroxylation sites is 4. The molecule has 46 heavy (non-hydrogen) atoms. The maximum atomic E-state index is 6.48. The van der Waals surface area contributed by atoms with E-state index >= 15 is 0 Å². The fourth-order valence-electron chi connectivity index (χ4n) is 6.96. The molecule has 7 aromatic carbocycles. The van der Waals surface area contributed by atoms with Gasteiger partial charge in [0, 0.05) is 49.7 Å². The lowest BCUT2D eigenvalue weighted by molar-refractivity contribution is 0.488. The minimum Gasteiger partial charge on any atom is -0.456 e. The van der Waals surface area contributed by atoms with Crippen molar-refractivity contribution in [2.24, 2.45) is 0 Å². The molecular weight excluding hydrogens is 566 g/mol. The highest BCUT2D eigenvalue weighted by molar-refractivity contribution is 6.08. The molecule has 0 unspecified atom stereocenters. The van der Waals surface area contributed by atoms with Gasteiger partial charge in [0.15, 0.2) is 0 Å². The largest absolute Gasteiger partial charge is 0.456 e. The van der Waals surface area contributed by atoms with E-state index in [2.05, 4.69) is 108 Å². The van der Waals surface area contributed by atoms with Crippen molar-refractivity contribution >= 4 is 60.9 Å². The van der Waals surface area contributed by atoms with Gasteiger partial charge in [0.1, 0.15) is 33.8 Å². The summed E-state index contributed by atoms with van der Waals surface area (Å²) in [5.41, 5.74) is 11.0. The highest BCUT2D eigenvalue weighted by Crippen LogP contribution is 2.49. The number of ether oxygens (including phenoxy) is 1. The van der Waals surface area contributed by atoms with E-state index in [1.54, 1.807) is 0 Å². The summed E-state index contributed by atoms with van der Waals surface area (Å²) in [6.45, 7) is 0. The first-order valence-corrected chi connectivity index (χ1v) is 15.4. The summed E-state index contributed by atoms with van der Waals surface area (Å²) in [6, 6.07) is 52.6. The summed E-state index contributed by atoms with van der Waals surface area (Å²) in [6.07, 6.45) is 0. The van der Waals surface area contributed by atoms with Crippen LogP contribution < -0.4 is 9.64 Å². The maximum Gasteiger partial charge on any atom is 0.135 e. The second kappa shape index (κ2) is 9.62. The van der Waals surface area contributed by atoms with Crippen LogP contribution in [0.5, 0.6) is 11.5 Å². The van der Waals surface area contributed by atoms with Gasteiger partial charge < -0.3 is 18.5 Å². The summed E-state index contributed by atoms with van der Waals surface area (Å²) in [5, 5.41) is 4.35. The van der Waals surface area contributed by atoms with Crippen molar-refractivity contribution in [3.05, 3.63) is 152 Å². The molecular formula is C42H25NO3. The van der Waals surface area contributed by atoms with Crippen LogP contribution in [-0.4, -0.2) is 0 Å². The summed E-state index contributed by atoms with van der Waals surface area (Å²) in [4.78, 5) is 2.32. The first-order valence-electron chi connectivity index (χ1n) is 15.4. The topological polar surface area (TPSA) is 38.8 Å². The molecule has 0 saturated heterocycles.